The van der Waals surface area contributed by atoms with Gasteiger partial charge in [-0.15, -0.1) is 0 Å². The Morgan fingerprint density at radius 2 is 2.08 bits per heavy atom. The quantitative estimate of drug-likeness (QED) is 0.614. The first-order chi connectivity index (χ1) is 12.2. The van der Waals surface area contributed by atoms with Gasteiger partial charge in [0.25, 0.3) is 0 Å². The summed E-state index contributed by atoms with van der Waals surface area (Å²) in [6, 6.07) is 6.70. The highest BCUT2D eigenvalue weighted by atomic mass is 16.4. The zero-order valence-corrected chi connectivity index (χ0v) is 16.7. The van der Waals surface area contributed by atoms with Gasteiger partial charge in [-0.25, -0.2) is 0 Å². The summed E-state index contributed by atoms with van der Waals surface area (Å²) in [7, 11) is 0. The molecule has 1 saturated carbocycles. The molecule has 1 aromatic rings. The molecule has 0 radical (unpaired) electrons. The number of nitrogens with one attached hydrogen (secondary N) is 1. The van der Waals surface area contributed by atoms with Crippen LogP contribution in [0.2, 0.25) is 0 Å². The third kappa shape index (κ3) is 3.04. The minimum atomic E-state index is 0.00300. The summed E-state index contributed by atoms with van der Waals surface area (Å²) in [4.78, 5) is 11.5. The van der Waals surface area contributed by atoms with Crippen molar-refractivity contribution in [2.24, 2.45) is 16.5 Å². The molecule has 2 aliphatic rings. The number of hydrogen-bond acceptors (Lipinski definition) is 3. The van der Waals surface area contributed by atoms with E-state index in [1.54, 1.807) is 6.92 Å². The maximum atomic E-state index is 11.5. The van der Waals surface area contributed by atoms with E-state index >= 15 is 0 Å². The van der Waals surface area contributed by atoms with E-state index in [1.165, 1.54) is 11.1 Å². The zero-order chi connectivity index (χ0) is 19.1. The molecule has 1 fully saturated rings. The number of benzene rings is 1. The lowest BCUT2D eigenvalue weighted by Crippen LogP contribution is -2.54. The second kappa shape index (κ2) is 6.71. The molecule has 0 bridgehead atoms. The van der Waals surface area contributed by atoms with Crippen LogP contribution in [0, 0.1) is 11.3 Å². The Morgan fingerprint density at radius 3 is 2.69 bits per heavy atom. The lowest BCUT2D eigenvalue weighted by molar-refractivity contribution is -0.120. The van der Waals surface area contributed by atoms with E-state index in [-0.39, 0.29) is 16.7 Å². The van der Waals surface area contributed by atoms with E-state index in [2.05, 4.69) is 56.4 Å². The molecule has 4 heteroatoms. The van der Waals surface area contributed by atoms with Gasteiger partial charge in [-0.05, 0) is 59.1 Å². The molecule has 3 rings (SSSR count). The standard InChI is InChI=1S/C22H32N2O2/c1-14(2)16-7-8-18-17(11-16)19(24-26)12-20-21(4,13-23-15(3)25)9-6-10-22(18,20)5/h7-8,11,14,20,26H,6,9-10,12-13H2,1-5H3,(H,23,25)/b24-19+/t20-,21-,22+/m0/s1. The number of nitrogens with zero attached hydrogens (tertiary/aromatic N) is 1. The number of amides is 1. The van der Waals surface area contributed by atoms with E-state index in [4.69, 9.17) is 0 Å². The van der Waals surface area contributed by atoms with Crippen molar-refractivity contribution >= 4 is 11.6 Å². The van der Waals surface area contributed by atoms with Gasteiger partial charge in [-0.3, -0.25) is 4.79 Å². The normalized spacial score (nSPS) is 32.2. The van der Waals surface area contributed by atoms with Gasteiger partial charge in [0, 0.05) is 19.0 Å². The van der Waals surface area contributed by atoms with E-state index in [9.17, 15) is 10.0 Å². The number of fused-ring (bicyclic) bond motifs is 3. The van der Waals surface area contributed by atoms with Crippen LogP contribution >= 0.6 is 0 Å². The summed E-state index contributed by atoms with van der Waals surface area (Å²) in [5, 5.41) is 16.5. The summed E-state index contributed by atoms with van der Waals surface area (Å²) in [5.74, 6) is 0.813. The first-order valence-electron chi connectivity index (χ1n) is 9.81. The molecule has 3 atom stereocenters. The molecular formula is C22H32N2O2. The number of carbonyl (C=O) groups is 1. The van der Waals surface area contributed by atoms with Crippen LogP contribution in [0.1, 0.15) is 82.9 Å². The van der Waals surface area contributed by atoms with Crippen molar-refractivity contribution in [1.82, 2.24) is 5.32 Å². The van der Waals surface area contributed by atoms with Crippen LogP contribution < -0.4 is 5.32 Å². The first kappa shape index (κ1) is 18.9. The minimum Gasteiger partial charge on any atom is -0.411 e. The zero-order valence-electron chi connectivity index (χ0n) is 16.7. The Labute approximate surface area is 157 Å². The van der Waals surface area contributed by atoms with Gasteiger partial charge in [0.15, 0.2) is 0 Å². The van der Waals surface area contributed by atoms with Gasteiger partial charge in [-0.1, -0.05) is 51.4 Å². The monoisotopic (exact) mass is 356 g/mol. The van der Waals surface area contributed by atoms with E-state index < -0.39 is 0 Å². The maximum Gasteiger partial charge on any atom is 0.216 e. The van der Waals surface area contributed by atoms with Crippen molar-refractivity contribution in [3.63, 3.8) is 0 Å². The molecule has 0 heterocycles. The molecular weight excluding hydrogens is 324 g/mol. The third-order valence-corrected chi connectivity index (χ3v) is 6.95. The fraction of sp³-hybridized carbons (Fsp3) is 0.636. The average Bonchev–Trinajstić information content (AvgIpc) is 2.59. The molecule has 0 aromatic heterocycles. The molecule has 2 N–H and O–H groups in total. The van der Waals surface area contributed by atoms with Gasteiger partial charge >= 0.3 is 0 Å². The summed E-state index contributed by atoms with van der Waals surface area (Å²) < 4.78 is 0. The van der Waals surface area contributed by atoms with Crippen LogP contribution in [0.4, 0.5) is 0 Å². The predicted octanol–water partition coefficient (Wildman–Crippen LogP) is 4.59. The van der Waals surface area contributed by atoms with Gasteiger partial charge in [-0.2, -0.15) is 0 Å². The van der Waals surface area contributed by atoms with Crippen LogP contribution in [0.3, 0.4) is 0 Å². The summed E-state index contributed by atoms with van der Waals surface area (Å²) in [5.41, 5.74) is 4.54. The van der Waals surface area contributed by atoms with Crippen molar-refractivity contribution in [2.45, 2.75) is 71.6 Å². The Hall–Kier alpha value is -1.84. The first-order valence-corrected chi connectivity index (χ1v) is 9.81. The van der Waals surface area contributed by atoms with Crippen molar-refractivity contribution in [2.75, 3.05) is 6.54 Å². The Kier molecular flexibility index (Phi) is 4.89. The molecule has 2 aliphatic carbocycles. The van der Waals surface area contributed by atoms with Crippen LogP contribution in [0.15, 0.2) is 23.4 Å². The smallest absolute Gasteiger partial charge is 0.216 e. The van der Waals surface area contributed by atoms with Crippen LogP contribution in [-0.4, -0.2) is 23.4 Å². The van der Waals surface area contributed by atoms with Gasteiger partial charge in [0.1, 0.15) is 0 Å². The van der Waals surface area contributed by atoms with Crippen LogP contribution in [0.25, 0.3) is 0 Å². The van der Waals surface area contributed by atoms with Crippen molar-refractivity contribution < 1.29 is 10.0 Å². The Balaban J connectivity index is 2.08. The fourth-order valence-electron chi connectivity index (χ4n) is 5.36. The summed E-state index contributed by atoms with van der Waals surface area (Å²) in [6.07, 6.45) is 4.14. The lowest BCUT2D eigenvalue weighted by Gasteiger charge is -2.55. The highest BCUT2D eigenvalue weighted by Crippen LogP contribution is 2.57. The SMILES string of the molecule is CC(=O)NC[C@]1(C)CCC[C@]2(C)c3ccc(C(C)C)cc3/C(=N/O)C[C@@H]12. The second-order valence-electron chi connectivity index (χ2n) is 9.10. The minimum absolute atomic E-state index is 0.00300. The largest absolute Gasteiger partial charge is 0.411 e. The van der Waals surface area contributed by atoms with E-state index in [0.29, 0.717) is 18.4 Å². The topological polar surface area (TPSA) is 61.7 Å². The summed E-state index contributed by atoms with van der Waals surface area (Å²) in [6.45, 7) is 11.3. The van der Waals surface area contributed by atoms with Crippen molar-refractivity contribution in [3.05, 3.63) is 34.9 Å². The highest BCUT2D eigenvalue weighted by molar-refractivity contribution is 6.03. The molecule has 1 amide bonds. The van der Waals surface area contributed by atoms with Crippen LogP contribution in [0.5, 0.6) is 0 Å². The van der Waals surface area contributed by atoms with Gasteiger partial charge in [0.05, 0.1) is 5.71 Å². The Bertz CT molecular complexity index is 740. The molecule has 0 aliphatic heterocycles. The van der Waals surface area contributed by atoms with Gasteiger partial charge < -0.3 is 10.5 Å². The van der Waals surface area contributed by atoms with Crippen molar-refractivity contribution in [1.29, 1.82) is 0 Å². The predicted molar refractivity (Wildman–Crippen MR) is 105 cm³/mol. The fourth-order valence-corrected chi connectivity index (χ4v) is 5.36. The maximum absolute atomic E-state index is 11.5. The van der Waals surface area contributed by atoms with E-state index in [0.717, 1.165) is 37.0 Å². The number of rotatable bonds is 3. The summed E-state index contributed by atoms with van der Waals surface area (Å²) >= 11 is 0. The highest BCUT2D eigenvalue weighted by Gasteiger charge is 2.53. The third-order valence-electron chi connectivity index (χ3n) is 6.95. The van der Waals surface area contributed by atoms with Gasteiger partial charge in [0.2, 0.25) is 5.91 Å². The molecule has 4 nitrogen and oxygen atoms in total. The molecule has 0 spiro atoms. The molecule has 142 valence electrons. The molecule has 1 aromatic carbocycles. The molecule has 0 unspecified atom stereocenters. The Morgan fingerprint density at radius 1 is 1.35 bits per heavy atom. The lowest BCUT2D eigenvalue weighted by atomic mass is 9.49. The second-order valence-corrected chi connectivity index (χ2v) is 9.10. The van der Waals surface area contributed by atoms with E-state index in [1.807, 2.05) is 0 Å². The molecule has 26 heavy (non-hydrogen) atoms. The molecule has 0 saturated heterocycles. The van der Waals surface area contributed by atoms with Crippen molar-refractivity contribution in [3.8, 4) is 0 Å². The number of oxime groups is 1. The number of carbonyl (C=O) groups excluding carboxylic acids is 1. The van der Waals surface area contributed by atoms with Crippen LogP contribution in [-0.2, 0) is 10.2 Å². The average molecular weight is 357 g/mol. The number of hydrogen-bond donors (Lipinski definition) is 2.